The Labute approximate surface area is 161 Å². The van der Waals surface area contributed by atoms with Crippen molar-refractivity contribution in [1.29, 1.82) is 0 Å². The Morgan fingerprint density at radius 2 is 1.74 bits per heavy atom. The molecule has 1 aliphatic rings. The number of aryl methyl sites for hydroxylation is 1. The average Bonchev–Trinajstić information content (AvgIpc) is 2.92. The molecule has 4 nitrogen and oxygen atoms in total. The molecule has 1 fully saturated rings. The lowest BCUT2D eigenvalue weighted by Gasteiger charge is -2.23. The number of rotatable bonds is 7. The molecule has 0 aliphatic carbocycles. The Hall–Kier alpha value is -2.40. The zero-order valence-electron chi connectivity index (χ0n) is 15.7. The summed E-state index contributed by atoms with van der Waals surface area (Å²) in [4.78, 5) is 16.7. The van der Waals surface area contributed by atoms with Gasteiger partial charge < -0.3 is 10.2 Å². The van der Waals surface area contributed by atoms with Crippen LogP contribution in [0.3, 0.4) is 0 Å². The van der Waals surface area contributed by atoms with Crippen molar-refractivity contribution in [3.05, 3.63) is 66.0 Å². The van der Waals surface area contributed by atoms with Crippen molar-refractivity contribution in [2.75, 3.05) is 44.2 Å². The lowest BCUT2D eigenvalue weighted by atomic mass is 10.1. The first-order chi connectivity index (χ1) is 13.2. The van der Waals surface area contributed by atoms with Gasteiger partial charge in [0.1, 0.15) is 5.82 Å². The maximum atomic E-state index is 13.1. The molecule has 1 amide bonds. The summed E-state index contributed by atoms with van der Waals surface area (Å²) in [5.74, 6) is -0.113. The van der Waals surface area contributed by atoms with E-state index < -0.39 is 0 Å². The van der Waals surface area contributed by atoms with Gasteiger partial charge in [-0.05, 0) is 49.1 Å². The number of nitrogens with one attached hydrogen (secondary N) is 1. The molecule has 2 aromatic rings. The monoisotopic (exact) mass is 369 g/mol. The van der Waals surface area contributed by atoms with Gasteiger partial charge in [-0.1, -0.05) is 30.3 Å². The molecule has 0 spiro atoms. The highest BCUT2D eigenvalue weighted by atomic mass is 19.1. The van der Waals surface area contributed by atoms with Gasteiger partial charge in [-0.25, -0.2) is 4.39 Å². The predicted molar refractivity (Wildman–Crippen MR) is 107 cm³/mol. The second kappa shape index (κ2) is 10.1. The van der Waals surface area contributed by atoms with Gasteiger partial charge in [-0.2, -0.15) is 0 Å². The fraction of sp³-hybridized carbons (Fsp3) is 0.409. The van der Waals surface area contributed by atoms with Crippen molar-refractivity contribution in [3.8, 4) is 0 Å². The first-order valence-electron chi connectivity index (χ1n) is 9.74. The molecule has 0 radical (unpaired) electrons. The van der Waals surface area contributed by atoms with Gasteiger partial charge in [-0.3, -0.25) is 9.69 Å². The third-order valence-electron chi connectivity index (χ3n) is 4.95. The van der Waals surface area contributed by atoms with Crippen LogP contribution in [0.15, 0.2) is 54.6 Å². The van der Waals surface area contributed by atoms with Crippen molar-refractivity contribution in [2.45, 2.75) is 19.3 Å². The zero-order chi connectivity index (χ0) is 18.9. The van der Waals surface area contributed by atoms with Gasteiger partial charge >= 0.3 is 0 Å². The minimum atomic E-state index is -0.209. The second-order valence-electron chi connectivity index (χ2n) is 7.03. The van der Waals surface area contributed by atoms with Crippen LogP contribution in [0.1, 0.15) is 18.4 Å². The normalized spacial score (nSPS) is 15.4. The Kier molecular flexibility index (Phi) is 7.22. The summed E-state index contributed by atoms with van der Waals surface area (Å²) in [6.07, 6.45) is 2.93. The van der Waals surface area contributed by atoms with E-state index in [1.54, 1.807) is 0 Å². The van der Waals surface area contributed by atoms with Crippen LogP contribution in [0.2, 0.25) is 0 Å². The summed E-state index contributed by atoms with van der Waals surface area (Å²) in [6, 6.07) is 17.0. The summed E-state index contributed by atoms with van der Waals surface area (Å²) < 4.78 is 13.1. The summed E-state index contributed by atoms with van der Waals surface area (Å²) >= 11 is 0. The van der Waals surface area contributed by atoms with E-state index in [4.69, 9.17) is 0 Å². The van der Waals surface area contributed by atoms with E-state index in [0.29, 0.717) is 13.1 Å². The molecule has 1 aliphatic heterocycles. The molecule has 1 heterocycles. The topological polar surface area (TPSA) is 35.6 Å². The Morgan fingerprint density at radius 1 is 0.963 bits per heavy atom. The summed E-state index contributed by atoms with van der Waals surface area (Å²) in [7, 11) is 0. The van der Waals surface area contributed by atoms with Crippen LogP contribution in [0.4, 0.5) is 10.1 Å². The van der Waals surface area contributed by atoms with Gasteiger partial charge in [0.15, 0.2) is 0 Å². The minimum absolute atomic E-state index is 0.0956. The largest absolute Gasteiger partial charge is 0.370 e. The molecule has 0 aromatic heterocycles. The number of hydrogen-bond acceptors (Lipinski definition) is 3. The van der Waals surface area contributed by atoms with Crippen LogP contribution in [0.25, 0.3) is 0 Å². The lowest BCUT2D eigenvalue weighted by Crippen LogP contribution is -2.39. The molecule has 1 N–H and O–H groups in total. The number of benzene rings is 2. The highest BCUT2D eigenvalue weighted by Crippen LogP contribution is 2.17. The minimum Gasteiger partial charge on any atom is -0.370 e. The molecular formula is C22H28FN3O. The van der Waals surface area contributed by atoms with Gasteiger partial charge in [0.05, 0.1) is 6.54 Å². The van der Waals surface area contributed by atoms with Gasteiger partial charge in [0.25, 0.3) is 0 Å². The molecule has 0 unspecified atom stereocenters. The second-order valence-corrected chi connectivity index (χ2v) is 7.03. The maximum absolute atomic E-state index is 13.1. The molecule has 1 saturated heterocycles. The fourth-order valence-corrected chi connectivity index (χ4v) is 3.46. The molecule has 27 heavy (non-hydrogen) atoms. The number of hydrogen-bond donors (Lipinski definition) is 1. The molecule has 144 valence electrons. The summed E-state index contributed by atoms with van der Waals surface area (Å²) in [5.41, 5.74) is 2.35. The van der Waals surface area contributed by atoms with Crippen molar-refractivity contribution in [2.24, 2.45) is 0 Å². The molecule has 0 atom stereocenters. The van der Waals surface area contributed by atoms with Crippen LogP contribution in [-0.4, -0.2) is 50.1 Å². The quantitative estimate of drug-likeness (QED) is 0.762. The number of carbonyl (C=O) groups excluding carboxylic acids is 1. The fourth-order valence-electron chi connectivity index (χ4n) is 3.46. The molecule has 0 saturated carbocycles. The molecule has 2 aromatic carbocycles. The third-order valence-corrected chi connectivity index (χ3v) is 4.95. The standard InChI is InChI=1S/C22H28FN3O/c23-20-9-11-21(12-10-20)26-15-5-14-25(16-17-26)18-22(27)24-13-4-8-19-6-2-1-3-7-19/h1-3,6-7,9-12H,4-5,8,13-18H2,(H,24,27). The highest BCUT2D eigenvalue weighted by Gasteiger charge is 2.17. The highest BCUT2D eigenvalue weighted by molar-refractivity contribution is 5.78. The van der Waals surface area contributed by atoms with Crippen LogP contribution in [0, 0.1) is 5.82 Å². The van der Waals surface area contributed by atoms with E-state index >= 15 is 0 Å². The SMILES string of the molecule is O=C(CN1CCCN(c2ccc(F)cc2)CC1)NCCCc1ccccc1. The Morgan fingerprint density at radius 3 is 2.52 bits per heavy atom. The van der Waals surface area contributed by atoms with Gasteiger partial charge in [0.2, 0.25) is 5.91 Å². The molecule has 5 heteroatoms. The number of carbonyl (C=O) groups is 1. The molecule has 0 bridgehead atoms. The van der Waals surface area contributed by atoms with Crippen molar-refractivity contribution in [1.82, 2.24) is 10.2 Å². The number of amides is 1. The smallest absolute Gasteiger partial charge is 0.234 e. The van der Waals surface area contributed by atoms with Gasteiger partial charge in [0, 0.05) is 38.4 Å². The van der Waals surface area contributed by atoms with Gasteiger partial charge in [-0.15, -0.1) is 0 Å². The van der Waals surface area contributed by atoms with Crippen molar-refractivity contribution < 1.29 is 9.18 Å². The van der Waals surface area contributed by atoms with Crippen molar-refractivity contribution in [3.63, 3.8) is 0 Å². The maximum Gasteiger partial charge on any atom is 0.234 e. The number of halogens is 1. The Bertz CT molecular complexity index is 705. The number of nitrogens with zero attached hydrogens (tertiary/aromatic N) is 2. The Balaban J connectivity index is 1.36. The van der Waals surface area contributed by atoms with E-state index in [1.165, 1.54) is 17.7 Å². The van der Waals surface area contributed by atoms with E-state index in [-0.39, 0.29) is 11.7 Å². The van der Waals surface area contributed by atoms with E-state index in [9.17, 15) is 9.18 Å². The zero-order valence-corrected chi connectivity index (χ0v) is 15.7. The molecular weight excluding hydrogens is 341 g/mol. The third kappa shape index (κ3) is 6.36. The van der Waals surface area contributed by atoms with Crippen molar-refractivity contribution >= 4 is 11.6 Å². The number of anilines is 1. The van der Waals surface area contributed by atoms with Crippen LogP contribution < -0.4 is 10.2 Å². The average molecular weight is 369 g/mol. The lowest BCUT2D eigenvalue weighted by molar-refractivity contribution is -0.122. The van der Waals surface area contributed by atoms with E-state index in [1.807, 2.05) is 30.3 Å². The predicted octanol–water partition coefficient (Wildman–Crippen LogP) is 3.09. The first-order valence-corrected chi connectivity index (χ1v) is 9.74. The van der Waals surface area contributed by atoms with Crippen LogP contribution >= 0.6 is 0 Å². The van der Waals surface area contributed by atoms with E-state index in [2.05, 4.69) is 27.2 Å². The first kappa shape index (κ1) is 19.4. The summed E-state index contributed by atoms with van der Waals surface area (Å²) in [6.45, 7) is 4.70. The summed E-state index contributed by atoms with van der Waals surface area (Å²) in [5, 5.41) is 3.03. The van der Waals surface area contributed by atoms with E-state index in [0.717, 1.165) is 51.1 Å². The molecule has 3 rings (SSSR count). The van der Waals surface area contributed by atoms with Crippen LogP contribution in [0.5, 0.6) is 0 Å². The van der Waals surface area contributed by atoms with Crippen LogP contribution in [-0.2, 0) is 11.2 Å².